The molecule has 0 saturated heterocycles. The van der Waals surface area contributed by atoms with Gasteiger partial charge in [0.05, 0.1) is 16.7 Å². The Bertz CT molecular complexity index is 1090. The van der Waals surface area contributed by atoms with Gasteiger partial charge in [-0.1, -0.05) is 60.8 Å². The third-order valence-corrected chi connectivity index (χ3v) is 5.99. The summed E-state index contributed by atoms with van der Waals surface area (Å²) in [5.74, 6) is -0.909. The van der Waals surface area contributed by atoms with E-state index < -0.39 is 11.9 Å². The largest absolute Gasteiger partial charge is 0.459 e. The highest BCUT2D eigenvalue weighted by molar-refractivity contribution is 7.15. The summed E-state index contributed by atoms with van der Waals surface area (Å²) in [5.41, 5.74) is 3.44. The number of nitrogens with one attached hydrogen (secondary N) is 1. The van der Waals surface area contributed by atoms with E-state index in [-0.39, 0.29) is 16.7 Å². The van der Waals surface area contributed by atoms with E-state index in [0.29, 0.717) is 15.6 Å². The number of halogens is 2. The van der Waals surface area contributed by atoms with Crippen molar-refractivity contribution in [3.8, 4) is 11.1 Å². The highest BCUT2D eigenvalue weighted by atomic mass is 35.5. The van der Waals surface area contributed by atoms with Crippen molar-refractivity contribution in [2.24, 2.45) is 0 Å². The number of aryl methyl sites for hydroxylation is 1. The van der Waals surface area contributed by atoms with E-state index in [9.17, 15) is 9.59 Å². The molecule has 1 amide bonds. The second kappa shape index (κ2) is 10.3. The summed E-state index contributed by atoms with van der Waals surface area (Å²) in [6.45, 7) is 5.71. The van der Waals surface area contributed by atoms with E-state index in [1.54, 1.807) is 26.0 Å². The lowest BCUT2D eigenvalue weighted by Crippen LogP contribution is -2.17. The molecule has 4 nitrogen and oxygen atoms in total. The number of amides is 1. The molecule has 1 heterocycles. The summed E-state index contributed by atoms with van der Waals surface area (Å²) in [5, 5.41) is 5.75. The summed E-state index contributed by atoms with van der Waals surface area (Å²) in [6.07, 6.45) is 1.77. The molecule has 0 saturated carbocycles. The second-order valence-corrected chi connectivity index (χ2v) is 9.06. The number of benzene rings is 2. The van der Waals surface area contributed by atoms with Crippen molar-refractivity contribution >= 4 is 51.4 Å². The Morgan fingerprint density at radius 1 is 1.10 bits per heavy atom. The zero-order chi connectivity index (χ0) is 22.5. The van der Waals surface area contributed by atoms with Crippen LogP contribution in [0.3, 0.4) is 0 Å². The molecular formula is C24H23Cl2NO3S. The molecule has 2 aromatic carbocycles. The van der Waals surface area contributed by atoms with Gasteiger partial charge in [-0.3, -0.25) is 4.79 Å². The number of ether oxygens (including phenoxy) is 1. The number of hydrogen-bond donors (Lipinski definition) is 1. The molecule has 0 spiro atoms. The van der Waals surface area contributed by atoms with Crippen molar-refractivity contribution in [3.05, 3.63) is 74.6 Å². The summed E-state index contributed by atoms with van der Waals surface area (Å²) in [7, 11) is 0. The lowest BCUT2D eigenvalue weighted by Gasteiger charge is -2.12. The lowest BCUT2D eigenvalue weighted by molar-refractivity contribution is 0.0380. The van der Waals surface area contributed by atoms with E-state index in [2.05, 4.69) is 24.4 Å². The minimum Gasteiger partial charge on any atom is -0.459 e. The Morgan fingerprint density at radius 3 is 2.42 bits per heavy atom. The first-order valence-corrected chi connectivity index (χ1v) is 11.6. The summed E-state index contributed by atoms with van der Waals surface area (Å²) in [6, 6.07) is 12.7. The van der Waals surface area contributed by atoms with Crippen LogP contribution in [0.2, 0.25) is 10.0 Å². The van der Waals surface area contributed by atoms with Crippen molar-refractivity contribution in [1.82, 2.24) is 0 Å². The lowest BCUT2D eigenvalue weighted by atomic mass is 10.0. The molecule has 0 radical (unpaired) electrons. The number of carbonyl (C=O) groups excluding carboxylic acids is 2. The van der Waals surface area contributed by atoms with E-state index in [1.165, 1.54) is 23.0 Å². The van der Waals surface area contributed by atoms with E-state index in [0.717, 1.165) is 24.0 Å². The van der Waals surface area contributed by atoms with Crippen molar-refractivity contribution in [1.29, 1.82) is 0 Å². The fourth-order valence-corrected chi connectivity index (χ4v) is 4.57. The zero-order valence-corrected chi connectivity index (χ0v) is 19.8. The smallest absolute Gasteiger partial charge is 0.342 e. The van der Waals surface area contributed by atoms with Gasteiger partial charge in [0.15, 0.2) is 0 Å². The van der Waals surface area contributed by atoms with Crippen LogP contribution in [-0.4, -0.2) is 18.0 Å². The summed E-state index contributed by atoms with van der Waals surface area (Å²) >= 11 is 13.4. The fourth-order valence-electron chi connectivity index (χ4n) is 3.12. The maximum atomic E-state index is 12.9. The molecule has 3 aromatic rings. The number of esters is 1. The molecule has 3 rings (SSSR count). The Kier molecular flexibility index (Phi) is 7.76. The summed E-state index contributed by atoms with van der Waals surface area (Å²) in [4.78, 5) is 25.7. The van der Waals surface area contributed by atoms with Crippen LogP contribution in [0, 0.1) is 0 Å². The van der Waals surface area contributed by atoms with Crippen molar-refractivity contribution in [2.45, 2.75) is 39.7 Å². The minimum atomic E-state index is -0.485. The molecule has 0 aliphatic heterocycles. The predicted octanol–water partition coefficient (Wildman–Crippen LogP) is 7.49. The van der Waals surface area contributed by atoms with Gasteiger partial charge in [-0.2, -0.15) is 0 Å². The predicted molar refractivity (Wildman–Crippen MR) is 129 cm³/mol. The fraction of sp³-hybridized carbons (Fsp3) is 0.250. The van der Waals surface area contributed by atoms with Crippen molar-refractivity contribution in [2.75, 3.05) is 5.32 Å². The van der Waals surface area contributed by atoms with Gasteiger partial charge in [-0.05, 0) is 49.6 Å². The number of thiophene rings is 1. The average Bonchev–Trinajstić information content (AvgIpc) is 3.11. The molecule has 0 fully saturated rings. The average molecular weight is 476 g/mol. The van der Waals surface area contributed by atoms with E-state index in [1.807, 2.05) is 17.5 Å². The van der Waals surface area contributed by atoms with Gasteiger partial charge in [-0.25, -0.2) is 4.79 Å². The van der Waals surface area contributed by atoms with Crippen LogP contribution in [0.15, 0.2) is 47.8 Å². The molecule has 31 heavy (non-hydrogen) atoms. The molecule has 162 valence electrons. The topological polar surface area (TPSA) is 55.4 Å². The maximum Gasteiger partial charge on any atom is 0.342 e. The monoisotopic (exact) mass is 475 g/mol. The van der Waals surface area contributed by atoms with Crippen molar-refractivity contribution in [3.63, 3.8) is 0 Å². The van der Waals surface area contributed by atoms with Crippen LogP contribution < -0.4 is 5.32 Å². The maximum absolute atomic E-state index is 12.9. The molecule has 0 atom stereocenters. The molecule has 0 aliphatic rings. The van der Waals surface area contributed by atoms with E-state index >= 15 is 0 Å². The Morgan fingerprint density at radius 2 is 1.81 bits per heavy atom. The van der Waals surface area contributed by atoms with Gasteiger partial charge >= 0.3 is 5.97 Å². The standard InChI is InChI=1S/C24H23Cl2NO3S/c1-4-5-15-6-8-16(9-7-15)19-13-31-23(21(19)24(29)30-14(2)3)27-22(28)18-11-10-17(25)12-20(18)26/h6-14H,4-5H2,1-3H3,(H,27,28). The van der Waals surface area contributed by atoms with Gasteiger partial charge in [0.2, 0.25) is 0 Å². The van der Waals surface area contributed by atoms with Gasteiger partial charge in [-0.15, -0.1) is 11.3 Å². The molecule has 0 aliphatic carbocycles. The number of rotatable bonds is 7. The number of carbonyl (C=O) groups is 2. The molecule has 1 aromatic heterocycles. The highest BCUT2D eigenvalue weighted by Crippen LogP contribution is 2.37. The van der Waals surface area contributed by atoms with E-state index in [4.69, 9.17) is 27.9 Å². The molecule has 0 bridgehead atoms. The Hall–Kier alpha value is -2.34. The SMILES string of the molecule is CCCc1ccc(-c2csc(NC(=O)c3ccc(Cl)cc3Cl)c2C(=O)OC(C)C)cc1. The molecule has 7 heteroatoms. The second-order valence-electron chi connectivity index (χ2n) is 7.33. The number of hydrogen-bond acceptors (Lipinski definition) is 4. The minimum absolute atomic E-state index is 0.236. The summed E-state index contributed by atoms with van der Waals surface area (Å²) < 4.78 is 5.46. The first-order valence-electron chi connectivity index (χ1n) is 9.98. The number of anilines is 1. The van der Waals surface area contributed by atoms with Gasteiger partial charge < -0.3 is 10.1 Å². The Labute approximate surface area is 196 Å². The third-order valence-electron chi connectivity index (χ3n) is 4.54. The third kappa shape index (κ3) is 5.67. The van der Waals surface area contributed by atoms with Gasteiger partial charge in [0.25, 0.3) is 5.91 Å². The first-order chi connectivity index (χ1) is 14.8. The zero-order valence-electron chi connectivity index (χ0n) is 17.5. The normalized spacial score (nSPS) is 10.9. The molecular weight excluding hydrogens is 453 g/mol. The van der Waals surface area contributed by atoms with Crippen LogP contribution in [0.4, 0.5) is 5.00 Å². The van der Waals surface area contributed by atoms with Crippen LogP contribution >= 0.6 is 34.5 Å². The Balaban J connectivity index is 1.98. The highest BCUT2D eigenvalue weighted by Gasteiger charge is 2.24. The molecule has 0 unspecified atom stereocenters. The quantitative estimate of drug-likeness (QED) is 0.360. The van der Waals surface area contributed by atoms with Crippen LogP contribution in [0.25, 0.3) is 11.1 Å². The van der Waals surface area contributed by atoms with Gasteiger partial charge in [0, 0.05) is 16.0 Å². The van der Waals surface area contributed by atoms with Crippen LogP contribution in [-0.2, 0) is 11.2 Å². The van der Waals surface area contributed by atoms with Crippen molar-refractivity contribution < 1.29 is 14.3 Å². The molecule has 1 N–H and O–H groups in total. The van der Waals surface area contributed by atoms with Gasteiger partial charge in [0.1, 0.15) is 10.6 Å². The van der Waals surface area contributed by atoms with Crippen LogP contribution in [0.1, 0.15) is 53.5 Å². The first kappa shape index (κ1) is 23.3. The van der Waals surface area contributed by atoms with Crippen LogP contribution in [0.5, 0.6) is 0 Å².